The highest BCUT2D eigenvalue weighted by molar-refractivity contribution is 5.78. The molecule has 1 unspecified atom stereocenters. The van der Waals surface area contributed by atoms with E-state index in [1.807, 2.05) is 13.8 Å². The summed E-state index contributed by atoms with van der Waals surface area (Å²) in [6.07, 6.45) is 4.65. The number of carbonyl (C=O) groups is 1. The molecule has 2 N–H and O–H groups in total. The molecule has 6 nitrogen and oxygen atoms in total. The zero-order chi connectivity index (χ0) is 13.1. The van der Waals surface area contributed by atoms with Crippen LogP contribution in [0.25, 0.3) is 0 Å². The van der Waals surface area contributed by atoms with Crippen LogP contribution in [0.4, 0.5) is 5.82 Å². The summed E-state index contributed by atoms with van der Waals surface area (Å²) in [6.45, 7) is 4.43. The van der Waals surface area contributed by atoms with Gasteiger partial charge in [0.05, 0.1) is 0 Å². The normalized spacial score (nSPS) is 19.1. The first kappa shape index (κ1) is 12.6. The average molecular weight is 250 g/mol. The lowest BCUT2D eigenvalue weighted by Gasteiger charge is -2.14. The maximum Gasteiger partial charge on any atom is 0.293 e. The summed E-state index contributed by atoms with van der Waals surface area (Å²) >= 11 is 0. The first-order valence-corrected chi connectivity index (χ1v) is 6.18. The summed E-state index contributed by atoms with van der Waals surface area (Å²) in [4.78, 5) is 27.1. The summed E-state index contributed by atoms with van der Waals surface area (Å²) in [5, 5.41) is 5.85. The Labute approximate surface area is 105 Å². The van der Waals surface area contributed by atoms with Crippen LogP contribution in [0.3, 0.4) is 0 Å². The van der Waals surface area contributed by atoms with Crippen LogP contribution in [-0.2, 0) is 4.79 Å². The standard InChI is InChI=1S/C12H18N4O2/c1-8(2)16-6-5-13-11(12(16)18)14-7-9-3-4-10(17)15-9/h5-6,8-9H,3-4,7H2,1-2H3,(H,13,14)(H,15,17). The lowest BCUT2D eigenvalue weighted by atomic mass is 10.2. The Hall–Kier alpha value is -1.85. The maximum absolute atomic E-state index is 12.0. The van der Waals surface area contributed by atoms with Gasteiger partial charge in [-0.15, -0.1) is 0 Å². The zero-order valence-corrected chi connectivity index (χ0v) is 10.6. The number of nitrogens with one attached hydrogen (secondary N) is 2. The Morgan fingerprint density at radius 1 is 1.56 bits per heavy atom. The fourth-order valence-corrected chi connectivity index (χ4v) is 2.00. The first-order chi connectivity index (χ1) is 8.58. The molecular formula is C12H18N4O2. The number of aromatic nitrogens is 2. The van der Waals surface area contributed by atoms with Crippen molar-refractivity contribution in [3.8, 4) is 0 Å². The highest BCUT2D eigenvalue weighted by Gasteiger charge is 2.20. The Morgan fingerprint density at radius 2 is 2.33 bits per heavy atom. The number of hydrogen-bond acceptors (Lipinski definition) is 4. The molecule has 0 spiro atoms. The van der Waals surface area contributed by atoms with Crippen molar-refractivity contribution < 1.29 is 4.79 Å². The molecule has 1 aliphatic heterocycles. The van der Waals surface area contributed by atoms with Crippen molar-refractivity contribution in [2.45, 2.75) is 38.8 Å². The van der Waals surface area contributed by atoms with Crippen LogP contribution in [0.1, 0.15) is 32.7 Å². The van der Waals surface area contributed by atoms with Gasteiger partial charge in [0, 0.05) is 37.4 Å². The van der Waals surface area contributed by atoms with Crippen molar-refractivity contribution >= 4 is 11.7 Å². The van der Waals surface area contributed by atoms with E-state index in [1.165, 1.54) is 0 Å². The van der Waals surface area contributed by atoms with Crippen LogP contribution in [0.2, 0.25) is 0 Å². The molecule has 0 saturated carbocycles. The molecule has 1 aromatic heterocycles. The van der Waals surface area contributed by atoms with Crippen molar-refractivity contribution in [1.82, 2.24) is 14.9 Å². The number of anilines is 1. The summed E-state index contributed by atoms with van der Waals surface area (Å²) < 4.78 is 1.63. The van der Waals surface area contributed by atoms with E-state index in [1.54, 1.807) is 17.0 Å². The summed E-state index contributed by atoms with van der Waals surface area (Å²) in [7, 11) is 0. The molecule has 1 amide bonds. The van der Waals surface area contributed by atoms with Crippen molar-refractivity contribution in [2.24, 2.45) is 0 Å². The van der Waals surface area contributed by atoms with Gasteiger partial charge >= 0.3 is 0 Å². The fourth-order valence-electron chi connectivity index (χ4n) is 2.00. The van der Waals surface area contributed by atoms with Gasteiger partial charge in [0.15, 0.2) is 5.82 Å². The lowest BCUT2D eigenvalue weighted by Crippen LogP contribution is -2.34. The second kappa shape index (κ2) is 5.20. The van der Waals surface area contributed by atoms with E-state index in [-0.39, 0.29) is 23.6 Å². The van der Waals surface area contributed by atoms with E-state index in [9.17, 15) is 9.59 Å². The Morgan fingerprint density at radius 3 is 2.94 bits per heavy atom. The first-order valence-electron chi connectivity index (χ1n) is 6.18. The molecular weight excluding hydrogens is 232 g/mol. The second-order valence-corrected chi connectivity index (χ2v) is 4.77. The third kappa shape index (κ3) is 2.69. The molecule has 1 aliphatic rings. The molecule has 1 saturated heterocycles. The van der Waals surface area contributed by atoms with Gasteiger partial charge in [-0.25, -0.2) is 4.98 Å². The van der Waals surface area contributed by atoms with Crippen LogP contribution >= 0.6 is 0 Å². The van der Waals surface area contributed by atoms with Gasteiger partial charge in [-0.2, -0.15) is 0 Å². The zero-order valence-electron chi connectivity index (χ0n) is 10.6. The van der Waals surface area contributed by atoms with E-state index in [4.69, 9.17) is 0 Å². The van der Waals surface area contributed by atoms with Gasteiger partial charge in [0.25, 0.3) is 5.56 Å². The predicted molar refractivity (Wildman–Crippen MR) is 68.5 cm³/mol. The quantitative estimate of drug-likeness (QED) is 0.816. The van der Waals surface area contributed by atoms with E-state index < -0.39 is 0 Å². The van der Waals surface area contributed by atoms with Crippen LogP contribution in [0.5, 0.6) is 0 Å². The second-order valence-electron chi connectivity index (χ2n) is 4.77. The molecule has 98 valence electrons. The Balaban J connectivity index is 2.03. The molecule has 1 fully saturated rings. The molecule has 2 rings (SSSR count). The third-order valence-corrected chi connectivity index (χ3v) is 3.03. The highest BCUT2D eigenvalue weighted by Crippen LogP contribution is 2.07. The van der Waals surface area contributed by atoms with Gasteiger partial charge in [-0.05, 0) is 20.3 Å². The maximum atomic E-state index is 12.0. The lowest BCUT2D eigenvalue weighted by molar-refractivity contribution is -0.119. The molecule has 0 aliphatic carbocycles. The minimum atomic E-state index is -0.128. The predicted octanol–water partition coefficient (Wildman–Crippen LogP) is 0.515. The monoisotopic (exact) mass is 250 g/mol. The number of nitrogens with zero attached hydrogens (tertiary/aromatic N) is 2. The highest BCUT2D eigenvalue weighted by atomic mass is 16.2. The van der Waals surface area contributed by atoms with Gasteiger partial charge < -0.3 is 15.2 Å². The number of rotatable bonds is 4. The number of carbonyl (C=O) groups excluding carboxylic acids is 1. The molecule has 0 radical (unpaired) electrons. The van der Waals surface area contributed by atoms with E-state index in [2.05, 4.69) is 15.6 Å². The van der Waals surface area contributed by atoms with Crippen LogP contribution in [-0.4, -0.2) is 28.0 Å². The minimum Gasteiger partial charge on any atom is -0.363 e. The average Bonchev–Trinajstić information content (AvgIpc) is 2.73. The Kier molecular flexibility index (Phi) is 3.64. The molecule has 1 atom stereocenters. The SMILES string of the molecule is CC(C)n1ccnc(NCC2CCC(=O)N2)c1=O. The largest absolute Gasteiger partial charge is 0.363 e. The molecule has 18 heavy (non-hydrogen) atoms. The molecule has 2 heterocycles. The number of hydrogen-bond donors (Lipinski definition) is 2. The van der Waals surface area contributed by atoms with E-state index in [0.717, 1.165) is 6.42 Å². The van der Waals surface area contributed by atoms with Crippen LogP contribution < -0.4 is 16.2 Å². The van der Waals surface area contributed by atoms with Crippen molar-refractivity contribution in [3.63, 3.8) is 0 Å². The van der Waals surface area contributed by atoms with Gasteiger partial charge in [-0.3, -0.25) is 9.59 Å². The fraction of sp³-hybridized carbons (Fsp3) is 0.583. The molecule has 0 bridgehead atoms. The van der Waals surface area contributed by atoms with Crippen LogP contribution in [0.15, 0.2) is 17.2 Å². The summed E-state index contributed by atoms with van der Waals surface area (Å²) in [5.74, 6) is 0.412. The smallest absolute Gasteiger partial charge is 0.293 e. The molecule has 0 aromatic carbocycles. The number of amides is 1. The molecule has 1 aromatic rings. The Bertz CT molecular complexity index is 495. The van der Waals surface area contributed by atoms with Crippen molar-refractivity contribution in [3.05, 3.63) is 22.7 Å². The topological polar surface area (TPSA) is 76.0 Å². The van der Waals surface area contributed by atoms with Crippen LogP contribution in [0, 0.1) is 0 Å². The van der Waals surface area contributed by atoms with E-state index >= 15 is 0 Å². The van der Waals surface area contributed by atoms with Crippen molar-refractivity contribution in [1.29, 1.82) is 0 Å². The minimum absolute atomic E-state index is 0.0717. The summed E-state index contributed by atoms with van der Waals surface area (Å²) in [5.41, 5.74) is -0.128. The van der Waals surface area contributed by atoms with E-state index in [0.29, 0.717) is 18.8 Å². The molecule has 6 heteroatoms. The van der Waals surface area contributed by atoms with Gasteiger partial charge in [-0.1, -0.05) is 0 Å². The summed E-state index contributed by atoms with van der Waals surface area (Å²) in [6, 6.07) is 0.193. The van der Waals surface area contributed by atoms with Crippen molar-refractivity contribution in [2.75, 3.05) is 11.9 Å². The third-order valence-electron chi connectivity index (χ3n) is 3.03. The van der Waals surface area contributed by atoms with Gasteiger partial charge in [0.2, 0.25) is 5.91 Å². The van der Waals surface area contributed by atoms with Gasteiger partial charge in [0.1, 0.15) is 0 Å².